The van der Waals surface area contributed by atoms with E-state index in [1.165, 1.54) is 231 Å². The highest BCUT2D eigenvalue weighted by molar-refractivity contribution is 7.47. The summed E-state index contributed by atoms with van der Waals surface area (Å²) in [7, 11) is -9.91. The van der Waals surface area contributed by atoms with Crippen molar-refractivity contribution in [3.63, 3.8) is 0 Å². The fourth-order valence-electron chi connectivity index (χ4n) is 12.1. The summed E-state index contributed by atoms with van der Waals surface area (Å²) in [6.07, 6.45) is 61.2. The lowest BCUT2D eigenvalue weighted by atomic mass is 10.0. The van der Waals surface area contributed by atoms with Gasteiger partial charge in [-0.3, -0.25) is 37.3 Å². The molecule has 0 amide bonds. The number of ether oxygens (including phenoxy) is 4. The third kappa shape index (κ3) is 72.2. The molecule has 0 radical (unpaired) electrons. The van der Waals surface area contributed by atoms with Crippen LogP contribution in [-0.4, -0.2) is 96.7 Å². The molecule has 17 nitrogen and oxygen atoms in total. The molecule has 0 saturated carbocycles. The summed E-state index contributed by atoms with van der Waals surface area (Å²) in [6, 6.07) is 0. The number of phosphoric ester groups is 2. The molecular weight excluding hydrogens is 1270 g/mol. The Morgan fingerprint density at radius 1 is 0.278 bits per heavy atom. The van der Waals surface area contributed by atoms with Crippen LogP contribution in [-0.2, 0) is 65.4 Å². The maximum absolute atomic E-state index is 13.1. The maximum Gasteiger partial charge on any atom is 0.472 e. The van der Waals surface area contributed by atoms with Crippen LogP contribution in [0.3, 0.4) is 0 Å². The lowest BCUT2D eigenvalue weighted by Crippen LogP contribution is -2.30. The number of esters is 4. The van der Waals surface area contributed by atoms with Crippen LogP contribution in [0.25, 0.3) is 0 Å². The third-order valence-electron chi connectivity index (χ3n) is 18.3. The smallest absolute Gasteiger partial charge is 0.462 e. The van der Waals surface area contributed by atoms with E-state index in [0.29, 0.717) is 31.6 Å². The Balaban J connectivity index is 5.22. The topological polar surface area (TPSA) is 237 Å². The van der Waals surface area contributed by atoms with Crippen LogP contribution in [0, 0.1) is 5.92 Å². The quantitative estimate of drug-likeness (QED) is 0.0222. The first kappa shape index (κ1) is 95.1. The van der Waals surface area contributed by atoms with Crippen molar-refractivity contribution >= 4 is 39.5 Å². The number of rotatable bonds is 78. The van der Waals surface area contributed by atoms with Crippen molar-refractivity contribution in [3.8, 4) is 0 Å². The molecule has 0 saturated heterocycles. The Hall–Kier alpha value is -1.94. The van der Waals surface area contributed by atoms with E-state index in [-0.39, 0.29) is 25.7 Å². The van der Waals surface area contributed by atoms with Crippen molar-refractivity contribution < 1.29 is 80.2 Å². The number of hydrogen-bond acceptors (Lipinski definition) is 15. The Morgan fingerprint density at radius 3 is 0.701 bits per heavy atom. The number of aliphatic hydroxyl groups excluding tert-OH is 1. The lowest BCUT2D eigenvalue weighted by molar-refractivity contribution is -0.161. The van der Waals surface area contributed by atoms with Gasteiger partial charge in [0.2, 0.25) is 0 Å². The van der Waals surface area contributed by atoms with E-state index in [1.54, 1.807) is 0 Å². The normalized spacial score (nSPS) is 13.9. The minimum absolute atomic E-state index is 0.107. The van der Waals surface area contributed by atoms with Crippen molar-refractivity contribution in [2.45, 2.75) is 432 Å². The van der Waals surface area contributed by atoms with Crippen molar-refractivity contribution in [2.75, 3.05) is 39.6 Å². The van der Waals surface area contributed by atoms with E-state index >= 15 is 0 Å². The molecule has 0 fully saturated rings. The molecule has 0 aromatic carbocycles. The Kier molecular flexibility index (Phi) is 69.6. The average Bonchev–Trinajstić information content (AvgIpc) is 1.07. The van der Waals surface area contributed by atoms with Gasteiger partial charge in [0.25, 0.3) is 0 Å². The number of phosphoric acid groups is 2. The molecule has 5 atom stereocenters. The molecule has 0 aliphatic heterocycles. The number of hydrogen-bond donors (Lipinski definition) is 3. The molecule has 0 aliphatic rings. The standard InChI is InChI=1S/C78H152O17P2/c1-6-9-12-15-18-21-24-26-28-30-31-33-35-37-40-43-48-54-59-64-78(83)94-73(67-88-75(80)61-56-51-46-41-39-36-34-32-29-27-25-22-19-16-13-10-7-2)69-92-96(84,85)90-65-72(79)66-91-97(86,87)93-70-74(68-89-76(81)62-57-52-49-44-45-50-55-60-71(4)5)95-77(82)63-58-53-47-42-38-23-20-17-14-11-8-3/h71-74,79H,6-70H2,1-5H3,(H,84,85)(H,86,87)/t72-,73-,74-/m1/s1. The summed E-state index contributed by atoms with van der Waals surface area (Å²) in [4.78, 5) is 72.8. The Bertz CT molecular complexity index is 1860. The van der Waals surface area contributed by atoms with Gasteiger partial charge < -0.3 is 33.8 Å². The molecule has 0 aromatic heterocycles. The SMILES string of the molecule is CCCCCCCCCCCCCCCCCCCCCC(=O)O[C@H](COC(=O)CCCCCCCCCCCCCCCCCCC)COP(=O)(O)OC[C@@H](O)COP(=O)(O)OC[C@@H](COC(=O)CCCCCCCCCC(C)C)OC(=O)CCCCCCCCCCCCC. The Labute approximate surface area is 594 Å². The van der Waals surface area contributed by atoms with E-state index < -0.39 is 97.5 Å². The van der Waals surface area contributed by atoms with Crippen LogP contribution in [0.15, 0.2) is 0 Å². The van der Waals surface area contributed by atoms with Crippen LogP contribution < -0.4 is 0 Å². The summed E-state index contributed by atoms with van der Waals surface area (Å²) in [6.45, 7) is 7.25. The molecule has 0 spiro atoms. The highest BCUT2D eigenvalue weighted by Gasteiger charge is 2.30. The molecule has 97 heavy (non-hydrogen) atoms. The van der Waals surface area contributed by atoms with Gasteiger partial charge in [-0.1, -0.05) is 362 Å². The lowest BCUT2D eigenvalue weighted by Gasteiger charge is -2.21. The molecule has 3 N–H and O–H groups in total. The molecular formula is C78H152O17P2. The number of carbonyl (C=O) groups is 4. The summed E-state index contributed by atoms with van der Waals surface area (Å²) >= 11 is 0. The van der Waals surface area contributed by atoms with Crippen LogP contribution >= 0.6 is 15.6 Å². The van der Waals surface area contributed by atoms with E-state index in [9.17, 15) is 43.2 Å². The van der Waals surface area contributed by atoms with Gasteiger partial charge in [-0.15, -0.1) is 0 Å². The van der Waals surface area contributed by atoms with Gasteiger partial charge in [0.1, 0.15) is 19.3 Å². The molecule has 576 valence electrons. The monoisotopic (exact) mass is 1420 g/mol. The molecule has 0 aromatic rings. The number of unbranched alkanes of at least 4 members (excludes halogenated alkanes) is 50. The van der Waals surface area contributed by atoms with Gasteiger partial charge >= 0.3 is 39.5 Å². The second-order valence-electron chi connectivity index (χ2n) is 28.6. The zero-order valence-corrected chi connectivity index (χ0v) is 65.0. The Morgan fingerprint density at radius 2 is 0.474 bits per heavy atom. The van der Waals surface area contributed by atoms with Crippen LogP contribution in [0.4, 0.5) is 0 Å². The summed E-state index contributed by atoms with van der Waals surface area (Å²) in [5.74, 6) is -1.41. The second kappa shape index (κ2) is 71.1. The van der Waals surface area contributed by atoms with Gasteiger partial charge in [-0.2, -0.15) is 0 Å². The van der Waals surface area contributed by atoms with Crippen LogP contribution in [0.1, 0.15) is 413 Å². The summed E-state index contributed by atoms with van der Waals surface area (Å²) in [5, 5.41) is 10.6. The highest BCUT2D eigenvalue weighted by Crippen LogP contribution is 2.45. The summed E-state index contributed by atoms with van der Waals surface area (Å²) < 4.78 is 68.6. The maximum atomic E-state index is 13.1. The van der Waals surface area contributed by atoms with Crippen LogP contribution in [0.2, 0.25) is 0 Å². The fourth-order valence-corrected chi connectivity index (χ4v) is 13.6. The minimum atomic E-state index is -4.96. The van der Waals surface area contributed by atoms with Gasteiger partial charge in [-0.25, -0.2) is 9.13 Å². The molecule has 0 rings (SSSR count). The van der Waals surface area contributed by atoms with Gasteiger partial charge in [-0.05, 0) is 31.6 Å². The van der Waals surface area contributed by atoms with Crippen molar-refractivity contribution in [3.05, 3.63) is 0 Å². The van der Waals surface area contributed by atoms with E-state index in [2.05, 4.69) is 34.6 Å². The third-order valence-corrected chi connectivity index (χ3v) is 20.2. The van der Waals surface area contributed by atoms with Gasteiger partial charge in [0, 0.05) is 25.7 Å². The molecule has 0 heterocycles. The van der Waals surface area contributed by atoms with Crippen molar-refractivity contribution in [1.29, 1.82) is 0 Å². The van der Waals surface area contributed by atoms with Crippen LogP contribution in [0.5, 0.6) is 0 Å². The van der Waals surface area contributed by atoms with E-state index in [1.807, 2.05) is 0 Å². The first-order chi connectivity index (χ1) is 47.0. The van der Waals surface area contributed by atoms with E-state index in [4.69, 9.17) is 37.0 Å². The van der Waals surface area contributed by atoms with Gasteiger partial charge in [0.05, 0.1) is 26.4 Å². The average molecular weight is 1420 g/mol. The first-order valence-electron chi connectivity index (χ1n) is 40.6. The predicted molar refractivity (Wildman–Crippen MR) is 395 cm³/mol. The zero-order chi connectivity index (χ0) is 71.2. The highest BCUT2D eigenvalue weighted by atomic mass is 31.2. The minimum Gasteiger partial charge on any atom is -0.462 e. The first-order valence-corrected chi connectivity index (χ1v) is 43.6. The van der Waals surface area contributed by atoms with Crippen molar-refractivity contribution in [1.82, 2.24) is 0 Å². The largest absolute Gasteiger partial charge is 0.472 e. The molecule has 0 bridgehead atoms. The molecule has 0 aliphatic carbocycles. The number of carbonyl (C=O) groups excluding carboxylic acids is 4. The molecule has 19 heteroatoms. The zero-order valence-electron chi connectivity index (χ0n) is 63.2. The second-order valence-corrected chi connectivity index (χ2v) is 31.5. The fraction of sp³-hybridized carbons (Fsp3) is 0.949. The van der Waals surface area contributed by atoms with E-state index in [0.717, 1.165) is 96.3 Å². The van der Waals surface area contributed by atoms with Crippen molar-refractivity contribution in [2.24, 2.45) is 5.92 Å². The summed E-state index contributed by atoms with van der Waals surface area (Å²) in [5.41, 5.74) is 0. The number of aliphatic hydroxyl groups is 1. The molecule has 2 unspecified atom stereocenters. The van der Waals surface area contributed by atoms with Gasteiger partial charge in [0.15, 0.2) is 12.2 Å². The predicted octanol–water partition coefficient (Wildman–Crippen LogP) is 23.3.